The number of benzene rings is 2. The van der Waals surface area contributed by atoms with Crippen LogP contribution in [0.15, 0.2) is 42.5 Å². The Bertz CT molecular complexity index is 838. The van der Waals surface area contributed by atoms with Crippen molar-refractivity contribution in [2.24, 2.45) is 0 Å². The summed E-state index contributed by atoms with van der Waals surface area (Å²) in [6.45, 7) is 1.99. The van der Waals surface area contributed by atoms with Gasteiger partial charge < -0.3 is 34.2 Å². The van der Waals surface area contributed by atoms with Crippen molar-refractivity contribution < 1.29 is 33.6 Å². The van der Waals surface area contributed by atoms with E-state index in [-0.39, 0.29) is 6.61 Å². The van der Waals surface area contributed by atoms with E-state index in [0.717, 1.165) is 0 Å². The molecule has 0 radical (unpaired) electrons. The zero-order valence-corrected chi connectivity index (χ0v) is 16.6. The van der Waals surface area contributed by atoms with Crippen LogP contribution in [0.3, 0.4) is 0 Å². The van der Waals surface area contributed by atoms with Crippen LogP contribution >= 0.6 is 0 Å². The Morgan fingerprint density at radius 3 is 2.24 bits per heavy atom. The maximum atomic E-state index is 12.4. The minimum atomic E-state index is -1.30. The molecule has 0 heterocycles. The highest BCUT2D eigenvalue weighted by molar-refractivity contribution is 5.79. The predicted octanol–water partition coefficient (Wildman–Crippen LogP) is 1.48. The molecule has 0 aliphatic carbocycles. The van der Waals surface area contributed by atoms with Crippen LogP contribution in [-0.2, 0) is 9.59 Å². The number of nitrogens with one attached hydrogen (secondary N) is 1. The highest BCUT2D eigenvalue weighted by Gasteiger charge is 2.18. The van der Waals surface area contributed by atoms with E-state index in [1.807, 2.05) is 6.92 Å². The Balaban J connectivity index is 2.12. The molecule has 8 heteroatoms. The number of methoxy groups -OCH3 is 2. The standard InChI is InChI=1S/C21H25NO7/c1-4-28-18-10-9-14(11-19(18)27-3)15(12-21(24)25)22-20(23)13-29-17-8-6-5-7-16(17)26-2/h5-11,15H,4,12-13H2,1-3H3,(H,22,23)(H,24,25)/p-1. The molecule has 1 atom stereocenters. The lowest BCUT2D eigenvalue weighted by atomic mass is 10.0. The average molecular weight is 402 g/mol. The topological polar surface area (TPSA) is 106 Å². The molecule has 0 saturated heterocycles. The Morgan fingerprint density at radius 1 is 0.966 bits per heavy atom. The zero-order chi connectivity index (χ0) is 21.2. The van der Waals surface area contributed by atoms with Crippen molar-refractivity contribution in [1.82, 2.24) is 5.32 Å². The van der Waals surface area contributed by atoms with Crippen molar-refractivity contribution in [2.75, 3.05) is 27.4 Å². The molecule has 1 amide bonds. The highest BCUT2D eigenvalue weighted by atomic mass is 16.5. The molecule has 156 valence electrons. The fraction of sp³-hybridized carbons (Fsp3) is 0.333. The van der Waals surface area contributed by atoms with E-state index in [2.05, 4.69) is 5.32 Å². The maximum Gasteiger partial charge on any atom is 0.258 e. The summed E-state index contributed by atoms with van der Waals surface area (Å²) in [5.74, 6) is 0.0694. The molecular formula is C21H24NO7-. The first kappa shape index (κ1) is 21.9. The summed E-state index contributed by atoms with van der Waals surface area (Å²) in [7, 11) is 2.98. The van der Waals surface area contributed by atoms with Crippen molar-refractivity contribution in [1.29, 1.82) is 0 Å². The van der Waals surface area contributed by atoms with E-state index < -0.39 is 24.3 Å². The Morgan fingerprint density at radius 2 is 1.62 bits per heavy atom. The molecule has 1 N–H and O–H groups in total. The van der Waals surface area contributed by atoms with Gasteiger partial charge in [-0.05, 0) is 36.8 Å². The van der Waals surface area contributed by atoms with Crippen LogP contribution < -0.4 is 29.4 Å². The van der Waals surface area contributed by atoms with Crippen LogP contribution in [0.4, 0.5) is 0 Å². The molecule has 8 nitrogen and oxygen atoms in total. The molecule has 0 fully saturated rings. The minimum absolute atomic E-state index is 0.307. The molecular weight excluding hydrogens is 378 g/mol. The van der Waals surface area contributed by atoms with Crippen LogP contribution in [0.5, 0.6) is 23.0 Å². The smallest absolute Gasteiger partial charge is 0.258 e. The van der Waals surface area contributed by atoms with Crippen molar-refractivity contribution in [2.45, 2.75) is 19.4 Å². The lowest BCUT2D eigenvalue weighted by Gasteiger charge is -2.21. The highest BCUT2D eigenvalue weighted by Crippen LogP contribution is 2.31. The van der Waals surface area contributed by atoms with Crippen LogP contribution in [0.2, 0.25) is 0 Å². The van der Waals surface area contributed by atoms with Crippen molar-refractivity contribution in [3.05, 3.63) is 48.0 Å². The number of para-hydroxylation sites is 2. The number of rotatable bonds is 11. The van der Waals surface area contributed by atoms with Crippen LogP contribution in [0.25, 0.3) is 0 Å². The first-order valence-corrected chi connectivity index (χ1v) is 9.04. The largest absolute Gasteiger partial charge is 0.550 e. The van der Waals surface area contributed by atoms with Gasteiger partial charge in [0.05, 0.1) is 26.9 Å². The van der Waals surface area contributed by atoms with Gasteiger partial charge in [0.1, 0.15) is 0 Å². The average Bonchev–Trinajstić information content (AvgIpc) is 2.72. The predicted molar refractivity (Wildman–Crippen MR) is 103 cm³/mol. The molecule has 2 rings (SSSR count). The van der Waals surface area contributed by atoms with Gasteiger partial charge in [0.2, 0.25) is 0 Å². The second kappa shape index (κ2) is 10.8. The van der Waals surface area contributed by atoms with Gasteiger partial charge in [-0.1, -0.05) is 18.2 Å². The molecule has 0 bridgehead atoms. The summed E-state index contributed by atoms with van der Waals surface area (Å²) in [4.78, 5) is 23.5. The normalized spacial score (nSPS) is 11.3. The third kappa shape index (κ3) is 6.31. The quantitative estimate of drug-likeness (QED) is 0.607. The van der Waals surface area contributed by atoms with Crippen LogP contribution in [-0.4, -0.2) is 39.3 Å². The Labute approximate surface area is 169 Å². The molecule has 2 aromatic rings. The molecule has 0 aromatic heterocycles. The molecule has 0 aliphatic heterocycles. The van der Waals surface area contributed by atoms with E-state index in [4.69, 9.17) is 18.9 Å². The zero-order valence-electron chi connectivity index (χ0n) is 16.6. The summed E-state index contributed by atoms with van der Waals surface area (Å²) < 4.78 is 21.4. The lowest BCUT2D eigenvalue weighted by Crippen LogP contribution is -2.36. The molecule has 0 aliphatic rings. The van der Waals surface area contributed by atoms with Crippen LogP contribution in [0.1, 0.15) is 24.9 Å². The van der Waals surface area contributed by atoms with Crippen molar-refractivity contribution in [3.63, 3.8) is 0 Å². The lowest BCUT2D eigenvalue weighted by molar-refractivity contribution is -0.306. The monoisotopic (exact) mass is 402 g/mol. The summed E-state index contributed by atoms with van der Waals surface area (Å²) in [5, 5.41) is 13.8. The number of carboxylic acids is 1. The number of amides is 1. The first-order valence-electron chi connectivity index (χ1n) is 9.04. The maximum absolute atomic E-state index is 12.4. The van der Waals surface area contributed by atoms with Gasteiger partial charge >= 0.3 is 0 Å². The molecule has 29 heavy (non-hydrogen) atoms. The second-order valence-electron chi connectivity index (χ2n) is 5.98. The van der Waals surface area contributed by atoms with E-state index >= 15 is 0 Å². The van der Waals surface area contributed by atoms with Crippen LogP contribution in [0, 0.1) is 0 Å². The summed E-state index contributed by atoms with van der Waals surface area (Å²) in [5.41, 5.74) is 0.542. The fourth-order valence-corrected chi connectivity index (χ4v) is 2.71. The molecule has 0 spiro atoms. The summed E-state index contributed by atoms with van der Waals surface area (Å²) in [6.07, 6.45) is -0.405. The molecule has 1 unspecified atom stereocenters. The van der Waals surface area contributed by atoms with Gasteiger partial charge in [-0.3, -0.25) is 4.79 Å². The number of ether oxygens (including phenoxy) is 4. The summed E-state index contributed by atoms with van der Waals surface area (Å²) >= 11 is 0. The number of aliphatic carboxylic acids is 1. The van der Waals surface area contributed by atoms with E-state index in [0.29, 0.717) is 35.2 Å². The SMILES string of the molecule is CCOc1ccc(C(CC(=O)[O-])NC(=O)COc2ccccc2OC)cc1OC. The third-order valence-electron chi connectivity index (χ3n) is 4.02. The van der Waals surface area contributed by atoms with Gasteiger partial charge in [0, 0.05) is 12.4 Å². The van der Waals surface area contributed by atoms with Crippen molar-refractivity contribution in [3.8, 4) is 23.0 Å². The number of carboxylic acid groups (broad SMARTS) is 1. The fourth-order valence-electron chi connectivity index (χ4n) is 2.71. The minimum Gasteiger partial charge on any atom is -0.550 e. The third-order valence-corrected chi connectivity index (χ3v) is 4.02. The first-order chi connectivity index (χ1) is 14.0. The van der Waals surface area contributed by atoms with Gasteiger partial charge in [-0.15, -0.1) is 0 Å². The van der Waals surface area contributed by atoms with E-state index in [9.17, 15) is 14.7 Å². The number of carbonyl (C=O) groups excluding carboxylic acids is 2. The van der Waals surface area contributed by atoms with E-state index in [1.165, 1.54) is 14.2 Å². The van der Waals surface area contributed by atoms with Gasteiger partial charge in [-0.2, -0.15) is 0 Å². The number of carbonyl (C=O) groups is 2. The second-order valence-corrected chi connectivity index (χ2v) is 5.98. The molecule has 2 aromatic carbocycles. The van der Waals surface area contributed by atoms with Gasteiger partial charge in [-0.25, -0.2) is 0 Å². The van der Waals surface area contributed by atoms with E-state index in [1.54, 1.807) is 42.5 Å². The Hall–Kier alpha value is -3.42. The summed E-state index contributed by atoms with van der Waals surface area (Å²) in [6, 6.07) is 11.0. The Kier molecular flexibility index (Phi) is 8.14. The van der Waals surface area contributed by atoms with Gasteiger partial charge in [0.25, 0.3) is 5.91 Å². The van der Waals surface area contributed by atoms with Gasteiger partial charge in [0.15, 0.2) is 29.6 Å². The van der Waals surface area contributed by atoms with Crippen molar-refractivity contribution >= 4 is 11.9 Å². The number of hydrogen-bond donors (Lipinski definition) is 1. The molecule has 0 saturated carbocycles. The number of hydrogen-bond acceptors (Lipinski definition) is 7.